The maximum atomic E-state index is 13.7. The summed E-state index contributed by atoms with van der Waals surface area (Å²) in [6.07, 6.45) is 1.52. The Morgan fingerprint density at radius 1 is 1.44 bits per heavy atom. The Balaban J connectivity index is 2.63. The molecule has 1 aromatic carbocycles. The van der Waals surface area contributed by atoms with E-state index >= 15 is 0 Å². The van der Waals surface area contributed by atoms with Crippen molar-refractivity contribution in [3.8, 4) is 5.75 Å². The number of aryl methyl sites for hydroxylation is 1. The SMILES string of the molecule is Cc1ccc(F)c(C2(C(=O)O)CCC2)c1O. The minimum absolute atomic E-state index is 0.0498. The van der Waals surface area contributed by atoms with E-state index in [1.807, 2.05) is 0 Å². The van der Waals surface area contributed by atoms with Gasteiger partial charge in [0.05, 0.1) is 5.41 Å². The van der Waals surface area contributed by atoms with Crippen LogP contribution < -0.4 is 0 Å². The minimum atomic E-state index is -1.22. The summed E-state index contributed by atoms with van der Waals surface area (Å²) < 4.78 is 13.7. The average molecular weight is 224 g/mol. The summed E-state index contributed by atoms with van der Waals surface area (Å²) in [5.41, 5.74) is -0.768. The summed E-state index contributed by atoms with van der Waals surface area (Å²) in [7, 11) is 0. The first kappa shape index (κ1) is 10.9. The second-order valence-electron chi connectivity index (χ2n) is 4.33. The molecule has 2 rings (SSSR count). The van der Waals surface area contributed by atoms with Crippen LogP contribution in [0, 0.1) is 12.7 Å². The molecule has 1 aliphatic rings. The predicted molar refractivity (Wildman–Crippen MR) is 56.0 cm³/mol. The highest BCUT2D eigenvalue weighted by atomic mass is 19.1. The predicted octanol–water partition coefficient (Wildman–Crippen LogP) is 2.35. The Morgan fingerprint density at radius 2 is 2.06 bits per heavy atom. The fourth-order valence-corrected chi connectivity index (χ4v) is 2.23. The van der Waals surface area contributed by atoms with Gasteiger partial charge in [-0.3, -0.25) is 4.79 Å². The largest absolute Gasteiger partial charge is 0.507 e. The molecule has 0 amide bonds. The van der Waals surface area contributed by atoms with Crippen LogP contribution in [0.3, 0.4) is 0 Å². The van der Waals surface area contributed by atoms with Crippen LogP contribution in [0.2, 0.25) is 0 Å². The quantitative estimate of drug-likeness (QED) is 0.810. The molecule has 0 radical (unpaired) electrons. The molecule has 1 saturated carbocycles. The van der Waals surface area contributed by atoms with Crippen LogP contribution in [0.5, 0.6) is 5.75 Å². The van der Waals surface area contributed by atoms with E-state index in [-0.39, 0.29) is 11.3 Å². The van der Waals surface area contributed by atoms with Gasteiger partial charge in [-0.1, -0.05) is 12.5 Å². The van der Waals surface area contributed by atoms with Gasteiger partial charge in [-0.05, 0) is 31.4 Å². The summed E-state index contributed by atoms with van der Waals surface area (Å²) in [4.78, 5) is 11.2. The first-order valence-corrected chi connectivity index (χ1v) is 5.21. The lowest BCUT2D eigenvalue weighted by molar-refractivity contribution is -0.147. The molecule has 4 heteroatoms. The van der Waals surface area contributed by atoms with Gasteiger partial charge in [0.2, 0.25) is 0 Å². The summed E-state index contributed by atoms with van der Waals surface area (Å²) in [5, 5.41) is 19.0. The number of carboxylic acid groups (broad SMARTS) is 1. The van der Waals surface area contributed by atoms with Gasteiger partial charge in [0, 0.05) is 5.56 Å². The average Bonchev–Trinajstić information content (AvgIpc) is 2.15. The maximum absolute atomic E-state index is 13.7. The molecular weight excluding hydrogens is 211 g/mol. The third kappa shape index (κ3) is 1.29. The summed E-state index contributed by atoms with van der Waals surface area (Å²) in [6.45, 7) is 1.63. The Kier molecular flexibility index (Phi) is 2.37. The van der Waals surface area contributed by atoms with Crippen LogP contribution in [-0.4, -0.2) is 16.2 Å². The van der Waals surface area contributed by atoms with Crippen molar-refractivity contribution >= 4 is 5.97 Å². The highest BCUT2D eigenvalue weighted by molar-refractivity contribution is 5.84. The molecule has 1 aliphatic carbocycles. The Hall–Kier alpha value is -1.58. The van der Waals surface area contributed by atoms with E-state index in [0.29, 0.717) is 18.4 Å². The van der Waals surface area contributed by atoms with E-state index in [4.69, 9.17) is 0 Å². The lowest BCUT2D eigenvalue weighted by Crippen LogP contribution is -2.43. The first-order chi connectivity index (χ1) is 7.49. The molecule has 0 atom stereocenters. The zero-order valence-electron chi connectivity index (χ0n) is 8.96. The van der Waals surface area contributed by atoms with Crippen molar-refractivity contribution in [1.29, 1.82) is 0 Å². The second-order valence-corrected chi connectivity index (χ2v) is 4.33. The number of aromatic hydroxyl groups is 1. The Labute approximate surface area is 92.5 Å². The van der Waals surface area contributed by atoms with E-state index < -0.39 is 17.2 Å². The summed E-state index contributed by atoms with van der Waals surface area (Å²) >= 11 is 0. The van der Waals surface area contributed by atoms with Crippen molar-refractivity contribution in [2.45, 2.75) is 31.6 Å². The molecule has 0 aromatic heterocycles. The van der Waals surface area contributed by atoms with Gasteiger partial charge in [0.25, 0.3) is 0 Å². The molecule has 16 heavy (non-hydrogen) atoms. The van der Waals surface area contributed by atoms with E-state index in [9.17, 15) is 19.4 Å². The van der Waals surface area contributed by atoms with E-state index in [1.54, 1.807) is 6.92 Å². The molecule has 2 N–H and O–H groups in total. The van der Waals surface area contributed by atoms with Gasteiger partial charge in [-0.2, -0.15) is 0 Å². The highest BCUT2D eigenvalue weighted by Gasteiger charge is 2.49. The van der Waals surface area contributed by atoms with Crippen molar-refractivity contribution in [2.75, 3.05) is 0 Å². The number of hydrogen-bond acceptors (Lipinski definition) is 2. The van der Waals surface area contributed by atoms with Gasteiger partial charge in [0.1, 0.15) is 11.6 Å². The molecular formula is C12H13FO3. The van der Waals surface area contributed by atoms with Crippen molar-refractivity contribution in [2.24, 2.45) is 0 Å². The number of phenolic OH excluding ortho intramolecular Hbond substituents is 1. The molecule has 86 valence electrons. The molecule has 1 aromatic rings. The fourth-order valence-electron chi connectivity index (χ4n) is 2.23. The van der Waals surface area contributed by atoms with Crippen LogP contribution >= 0.6 is 0 Å². The lowest BCUT2D eigenvalue weighted by Gasteiger charge is -2.38. The molecule has 1 fully saturated rings. The number of benzene rings is 1. The molecule has 0 aliphatic heterocycles. The molecule has 0 heterocycles. The number of carboxylic acids is 1. The number of rotatable bonds is 2. The number of halogens is 1. The minimum Gasteiger partial charge on any atom is -0.507 e. The Bertz CT molecular complexity index is 450. The van der Waals surface area contributed by atoms with Crippen molar-refractivity contribution in [1.82, 2.24) is 0 Å². The Morgan fingerprint density at radius 3 is 2.50 bits per heavy atom. The first-order valence-electron chi connectivity index (χ1n) is 5.21. The molecule has 3 nitrogen and oxygen atoms in total. The smallest absolute Gasteiger partial charge is 0.314 e. The zero-order chi connectivity index (χ0) is 11.9. The van der Waals surface area contributed by atoms with Crippen molar-refractivity contribution < 1.29 is 19.4 Å². The standard InChI is InChI=1S/C12H13FO3/c1-7-3-4-8(13)9(10(7)14)12(11(15)16)5-2-6-12/h3-4,14H,2,5-6H2,1H3,(H,15,16). The maximum Gasteiger partial charge on any atom is 0.314 e. The van der Waals surface area contributed by atoms with Crippen LogP contribution in [-0.2, 0) is 10.2 Å². The third-order valence-electron chi connectivity index (χ3n) is 3.42. The zero-order valence-corrected chi connectivity index (χ0v) is 8.96. The topological polar surface area (TPSA) is 57.5 Å². The van der Waals surface area contributed by atoms with Gasteiger partial charge in [-0.15, -0.1) is 0 Å². The molecule has 0 bridgehead atoms. The fraction of sp³-hybridized carbons (Fsp3) is 0.417. The summed E-state index contributed by atoms with van der Waals surface area (Å²) in [5.74, 6) is -1.91. The van der Waals surface area contributed by atoms with Crippen LogP contribution in [0.1, 0.15) is 30.4 Å². The highest BCUT2D eigenvalue weighted by Crippen LogP contribution is 2.48. The van der Waals surface area contributed by atoms with Crippen molar-refractivity contribution in [3.05, 3.63) is 29.1 Å². The van der Waals surface area contributed by atoms with Gasteiger partial charge < -0.3 is 10.2 Å². The van der Waals surface area contributed by atoms with Gasteiger partial charge in [-0.25, -0.2) is 4.39 Å². The van der Waals surface area contributed by atoms with Crippen LogP contribution in [0.25, 0.3) is 0 Å². The van der Waals surface area contributed by atoms with Gasteiger partial charge >= 0.3 is 5.97 Å². The molecule has 0 unspecified atom stereocenters. The number of carbonyl (C=O) groups is 1. The van der Waals surface area contributed by atoms with E-state index in [2.05, 4.69) is 0 Å². The normalized spacial score (nSPS) is 17.9. The summed E-state index contributed by atoms with van der Waals surface area (Å²) in [6, 6.07) is 2.66. The van der Waals surface area contributed by atoms with E-state index in [0.717, 1.165) is 6.42 Å². The van der Waals surface area contributed by atoms with Crippen LogP contribution in [0.15, 0.2) is 12.1 Å². The van der Waals surface area contributed by atoms with Crippen molar-refractivity contribution in [3.63, 3.8) is 0 Å². The third-order valence-corrected chi connectivity index (χ3v) is 3.42. The van der Waals surface area contributed by atoms with Crippen LogP contribution in [0.4, 0.5) is 4.39 Å². The number of aliphatic carboxylic acids is 1. The van der Waals surface area contributed by atoms with E-state index in [1.165, 1.54) is 12.1 Å². The van der Waals surface area contributed by atoms with Gasteiger partial charge in [0.15, 0.2) is 0 Å². The molecule has 0 saturated heterocycles. The number of hydrogen-bond donors (Lipinski definition) is 2. The number of phenols is 1. The monoisotopic (exact) mass is 224 g/mol. The second kappa shape index (κ2) is 3.47. The lowest BCUT2D eigenvalue weighted by atomic mass is 9.64. The molecule has 0 spiro atoms.